The third-order valence-corrected chi connectivity index (χ3v) is 1.73. The molecule has 0 heterocycles. The Hall–Kier alpha value is -1.33. The van der Waals surface area contributed by atoms with E-state index >= 15 is 0 Å². The minimum Gasteiger partial charge on any atom is -0.677 e. The van der Waals surface area contributed by atoms with Crippen LogP contribution in [-0.2, 0) is 16.8 Å². The molecule has 1 radical (unpaired) electrons. The summed E-state index contributed by atoms with van der Waals surface area (Å²) in [4.78, 5) is 16.5. The maximum atomic E-state index is 8.25. The summed E-state index contributed by atoms with van der Waals surface area (Å²) in [5, 5.41) is 29.5. The van der Waals surface area contributed by atoms with Crippen molar-refractivity contribution in [3.63, 3.8) is 0 Å². The van der Waals surface area contributed by atoms with Crippen LogP contribution in [0, 0.1) is 30.6 Å². The number of rotatable bonds is 6. The predicted octanol–water partition coefficient (Wildman–Crippen LogP) is 5.13. The van der Waals surface area contributed by atoms with E-state index < -0.39 is 10.2 Å². The Morgan fingerprint density at radius 3 is 0.741 bits per heavy atom. The first-order valence-corrected chi connectivity index (χ1v) is 7.48. The van der Waals surface area contributed by atoms with Gasteiger partial charge in [-0.3, -0.25) is 0 Å². The summed E-state index contributed by atoms with van der Waals surface area (Å²) in [6, 6.07) is -0.118. The second-order valence-corrected chi connectivity index (χ2v) is 4.77. The van der Waals surface area contributed by atoms with E-state index in [1.807, 2.05) is 0 Å². The van der Waals surface area contributed by atoms with Crippen molar-refractivity contribution in [1.29, 1.82) is 0 Å². The van der Waals surface area contributed by atoms with Gasteiger partial charge in [0.05, 0.1) is 10.2 Å². The van der Waals surface area contributed by atoms with Crippen LogP contribution in [0.5, 0.6) is 0 Å². The molecular formula is C12H30CoN8O6-6. The summed E-state index contributed by atoms with van der Waals surface area (Å²) in [5.74, 6) is 0. The largest absolute Gasteiger partial charge is 2.00 e. The molecule has 0 spiro atoms. The van der Waals surface area contributed by atoms with Gasteiger partial charge in [-0.2, -0.15) is 19.6 Å². The molecular weight excluding hydrogens is 411 g/mol. The molecule has 0 saturated carbocycles. The molecule has 6 N–H and O–H groups in total. The van der Waals surface area contributed by atoms with E-state index in [0.717, 1.165) is 0 Å². The van der Waals surface area contributed by atoms with Crippen molar-refractivity contribution in [1.82, 2.24) is 0 Å². The second-order valence-electron chi connectivity index (χ2n) is 4.77. The summed E-state index contributed by atoms with van der Waals surface area (Å²) >= 11 is 0. The molecule has 0 aliphatic heterocycles. The normalized spacial score (nSPS) is 11.4. The van der Waals surface area contributed by atoms with Gasteiger partial charge in [0.1, 0.15) is 0 Å². The molecule has 0 aliphatic carbocycles. The van der Waals surface area contributed by atoms with E-state index in [0.29, 0.717) is 38.9 Å². The number of hydrogen-bond acceptors (Lipinski definition) is 6. The fourth-order valence-electron chi connectivity index (χ4n) is 0.650. The molecule has 15 heteroatoms. The van der Waals surface area contributed by atoms with Gasteiger partial charge < -0.3 is 65.0 Å². The molecule has 27 heavy (non-hydrogen) atoms. The van der Waals surface area contributed by atoms with Crippen molar-refractivity contribution in [2.75, 3.05) is 19.6 Å². The van der Waals surface area contributed by atoms with E-state index in [2.05, 4.69) is 0 Å². The van der Waals surface area contributed by atoms with Gasteiger partial charge in [-0.1, -0.05) is 40.0 Å². The van der Waals surface area contributed by atoms with Gasteiger partial charge in [-0.15, -0.1) is 18.1 Å². The van der Waals surface area contributed by atoms with Gasteiger partial charge in [0, 0.05) is 0 Å². The van der Waals surface area contributed by atoms with Crippen molar-refractivity contribution < 1.29 is 27.0 Å². The second kappa shape index (κ2) is 35.7. The van der Waals surface area contributed by atoms with Crippen molar-refractivity contribution >= 4 is 0 Å². The molecule has 169 valence electrons. The summed E-state index contributed by atoms with van der Waals surface area (Å²) in [6.07, 6.45) is 2.12. The van der Waals surface area contributed by atoms with Crippen LogP contribution < -0.4 is 0 Å². The average molecular weight is 441 g/mol. The quantitative estimate of drug-likeness (QED) is 0.397. The van der Waals surface area contributed by atoms with Crippen molar-refractivity contribution in [2.24, 2.45) is 0 Å². The SMILES string of the molecule is CC([NH-])CC[NH-].CC([NH-])CC[NH-].CC([NH-])CC[NH-].O=[N+]([O-])[O-].O=[N+]([O-])[O-].[Co+2]. The van der Waals surface area contributed by atoms with E-state index in [1.54, 1.807) is 20.8 Å². The molecule has 0 fully saturated rings. The summed E-state index contributed by atoms with van der Waals surface area (Å²) in [7, 11) is 0. The molecule has 0 saturated heterocycles. The standard InChI is InChI=1S/3C4H10N2.Co.2NO3/c3*1-4(6)2-3-5;;2*2-1(3)4/h3*4-6H,2-3H2,1H3;;;/q3*-2;+2;2*-1. The van der Waals surface area contributed by atoms with E-state index in [4.69, 9.17) is 65.0 Å². The van der Waals surface area contributed by atoms with Crippen molar-refractivity contribution in [2.45, 2.75) is 58.2 Å². The van der Waals surface area contributed by atoms with Gasteiger partial charge in [-0.05, 0) is 0 Å². The first kappa shape index (κ1) is 40.4. The molecule has 0 bridgehead atoms. The van der Waals surface area contributed by atoms with Crippen LogP contribution >= 0.6 is 0 Å². The molecule has 0 rings (SSSR count). The van der Waals surface area contributed by atoms with Crippen LogP contribution in [0.25, 0.3) is 34.4 Å². The van der Waals surface area contributed by atoms with Crippen LogP contribution in [0.15, 0.2) is 0 Å². The third-order valence-electron chi connectivity index (χ3n) is 1.73. The minimum atomic E-state index is -1.75. The first-order valence-electron chi connectivity index (χ1n) is 7.48. The van der Waals surface area contributed by atoms with Crippen LogP contribution in [0.4, 0.5) is 0 Å². The van der Waals surface area contributed by atoms with Gasteiger partial charge in [0.15, 0.2) is 0 Å². The van der Waals surface area contributed by atoms with Crippen molar-refractivity contribution in [3.05, 3.63) is 65.0 Å². The Kier molecular flexibility index (Phi) is 53.4. The van der Waals surface area contributed by atoms with Crippen LogP contribution in [0.3, 0.4) is 0 Å². The van der Waals surface area contributed by atoms with E-state index in [1.165, 1.54) is 0 Å². The maximum Gasteiger partial charge on any atom is 2.00 e. The molecule has 14 nitrogen and oxygen atoms in total. The molecule has 3 atom stereocenters. The van der Waals surface area contributed by atoms with E-state index in [-0.39, 0.29) is 34.9 Å². The molecule has 0 amide bonds. The fourth-order valence-corrected chi connectivity index (χ4v) is 0.650. The summed E-state index contributed by atoms with van der Waals surface area (Å²) < 4.78 is 0. The number of hydrogen-bond donors (Lipinski definition) is 0. The van der Waals surface area contributed by atoms with Gasteiger partial charge >= 0.3 is 16.8 Å². The zero-order chi connectivity index (χ0) is 22.1. The summed E-state index contributed by atoms with van der Waals surface area (Å²) in [5.41, 5.74) is 40.4. The maximum absolute atomic E-state index is 8.25. The Balaban J connectivity index is -0.0000000512. The van der Waals surface area contributed by atoms with Crippen LogP contribution in [0.2, 0.25) is 0 Å². The van der Waals surface area contributed by atoms with Gasteiger partial charge in [0.2, 0.25) is 0 Å². The fraction of sp³-hybridized carbons (Fsp3) is 1.00. The molecule has 0 aliphatic rings. The van der Waals surface area contributed by atoms with Gasteiger partial charge in [-0.25, -0.2) is 0 Å². The monoisotopic (exact) mass is 441 g/mol. The zero-order valence-corrected chi connectivity index (χ0v) is 16.7. The van der Waals surface area contributed by atoms with Crippen LogP contribution in [-0.4, -0.2) is 47.9 Å². The van der Waals surface area contributed by atoms with Crippen molar-refractivity contribution in [3.8, 4) is 0 Å². The number of nitrogens with one attached hydrogen (secondary N) is 6. The topological polar surface area (TPSA) is 275 Å². The smallest absolute Gasteiger partial charge is 0.677 e. The molecule has 0 aromatic carbocycles. The number of nitrogens with zero attached hydrogens (tertiary/aromatic N) is 2. The Morgan fingerprint density at radius 1 is 0.630 bits per heavy atom. The van der Waals surface area contributed by atoms with Crippen LogP contribution in [0.1, 0.15) is 40.0 Å². The Labute approximate surface area is 170 Å². The molecule has 0 aromatic heterocycles. The predicted molar refractivity (Wildman–Crippen MR) is 103 cm³/mol. The van der Waals surface area contributed by atoms with Gasteiger partial charge in [0.25, 0.3) is 0 Å². The Morgan fingerprint density at radius 2 is 0.741 bits per heavy atom. The Bertz CT molecular complexity index is 245. The first-order chi connectivity index (χ1) is 11.8. The van der Waals surface area contributed by atoms with E-state index in [9.17, 15) is 0 Å². The zero-order valence-electron chi connectivity index (χ0n) is 15.7. The average Bonchev–Trinajstić information content (AvgIpc) is 2.37. The third kappa shape index (κ3) is 216. The molecule has 0 aromatic rings. The molecule has 3 unspecified atom stereocenters. The summed E-state index contributed by atoms with van der Waals surface area (Å²) in [6.45, 7) is 6.58. The minimum absolute atomic E-state index is 0.